The normalized spacial score (nSPS) is 18.1. The molecular weight excluding hydrogens is 372 g/mol. The van der Waals surface area contributed by atoms with Gasteiger partial charge in [0.2, 0.25) is 0 Å². The van der Waals surface area contributed by atoms with Crippen molar-refractivity contribution < 1.29 is 0 Å². The highest BCUT2D eigenvalue weighted by Gasteiger charge is 2.42. The summed E-state index contributed by atoms with van der Waals surface area (Å²) in [6.45, 7) is 0. The third-order valence-electron chi connectivity index (χ3n) is 6.42. The van der Waals surface area contributed by atoms with Crippen molar-refractivity contribution in [1.29, 1.82) is 0 Å². The summed E-state index contributed by atoms with van der Waals surface area (Å²) in [5.41, 5.74) is 4.97. The summed E-state index contributed by atoms with van der Waals surface area (Å²) < 4.78 is 0. The zero-order chi connectivity index (χ0) is 20.9. The average Bonchev–Trinajstić information content (AvgIpc) is 2.88. The van der Waals surface area contributed by atoms with Crippen molar-refractivity contribution in [2.75, 3.05) is 0 Å². The van der Waals surface area contributed by atoms with Crippen LogP contribution in [0, 0.1) is 5.92 Å². The molecule has 4 aromatic carbocycles. The maximum Gasteiger partial charge on any atom is 0.0548 e. The highest BCUT2D eigenvalue weighted by Crippen LogP contribution is 2.48. The van der Waals surface area contributed by atoms with Crippen LogP contribution in [0.3, 0.4) is 0 Å². The second-order valence-corrected chi connectivity index (χ2v) is 8.14. The smallest absolute Gasteiger partial charge is 0.0548 e. The molecule has 0 aromatic heterocycles. The quantitative estimate of drug-likeness (QED) is 0.240. The van der Waals surface area contributed by atoms with E-state index in [0.717, 1.165) is 0 Å². The zero-order valence-electron chi connectivity index (χ0n) is 17.5. The van der Waals surface area contributed by atoms with E-state index in [4.69, 9.17) is 0 Å². The summed E-state index contributed by atoms with van der Waals surface area (Å²) in [5.74, 6) is 0.525. The van der Waals surface area contributed by atoms with Gasteiger partial charge in [-0.05, 0) is 22.3 Å². The van der Waals surface area contributed by atoms with Crippen LogP contribution in [0.1, 0.15) is 28.2 Å². The fourth-order valence-electron chi connectivity index (χ4n) is 4.97. The fourth-order valence-corrected chi connectivity index (χ4v) is 4.97. The first-order chi connectivity index (χ1) is 15.4. The minimum absolute atomic E-state index is 0.208. The third-order valence-corrected chi connectivity index (χ3v) is 6.42. The van der Waals surface area contributed by atoms with Gasteiger partial charge in [0.25, 0.3) is 0 Å². The van der Waals surface area contributed by atoms with Crippen molar-refractivity contribution in [1.82, 2.24) is 0 Å². The first-order valence-corrected chi connectivity index (χ1v) is 11.0. The van der Waals surface area contributed by atoms with Gasteiger partial charge in [0.1, 0.15) is 0 Å². The number of benzene rings is 4. The molecule has 0 nitrogen and oxygen atoms in total. The van der Waals surface area contributed by atoms with Crippen molar-refractivity contribution >= 4 is 0 Å². The Labute approximate surface area is 185 Å². The Morgan fingerprint density at radius 2 is 0.742 bits per heavy atom. The van der Waals surface area contributed by atoms with Crippen LogP contribution in [0.15, 0.2) is 146 Å². The maximum absolute atomic E-state index is 2.41. The van der Waals surface area contributed by atoms with Gasteiger partial charge in [-0.3, -0.25) is 0 Å². The Morgan fingerprint density at radius 3 is 1.13 bits per heavy atom. The van der Waals surface area contributed by atoms with Gasteiger partial charge >= 0.3 is 0 Å². The molecule has 1 aliphatic carbocycles. The Bertz CT molecular complexity index is 1050. The molecule has 31 heavy (non-hydrogen) atoms. The minimum Gasteiger partial charge on any atom is -0.0791 e. The van der Waals surface area contributed by atoms with Crippen LogP contribution in [0.25, 0.3) is 0 Å². The molecule has 0 radical (unpaired) electrons. The molecule has 0 amide bonds. The summed E-state index contributed by atoms with van der Waals surface area (Å²) in [6, 6.07) is 43.5. The zero-order valence-corrected chi connectivity index (χ0v) is 17.5. The van der Waals surface area contributed by atoms with Gasteiger partial charge in [-0.15, -0.1) is 0 Å². The highest BCUT2D eigenvalue weighted by molar-refractivity contribution is 5.54. The van der Waals surface area contributed by atoms with Gasteiger partial charge in [-0.25, -0.2) is 0 Å². The standard InChI is InChI=1S/C31H26/c1-5-13-25(14-6-1)26-21-23-30(24-22-26)31(27-15-7-2-8-16-27,28-17-9-3-10-18-28)29-19-11-4-12-20-29/h1-24,26,30H. The second-order valence-electron chi connectivity index (χ2n) is 8.14. The maximum atomic E-state index is 2.41. The van der Waals surface area contributed by atoms with Crippen LogP contribution >= 0.6 is 0 Å². The molecule has 0 N–H and O–H groups in total. The van der Waals surface area contributed by atoms with Gasteiger partial charge in [0.05, 0.1) is 5.41 Å². The first kappa shape index (κ1) is 19.3. The lowest BCUT2D eigenvalue weighted by molar-refractivity contribution is 0.517. The highest BCUT2D eigenvalue weighted by atomic mass is 14.4. The van der Waals surface area contributed by atoms with Crippen LogP contribution in [0.4, 0.5) is 0 Å². The topological polar surface area (TPSA) is 0 Å². The predicted molar refractivity (Wildman–Crippen MR) is 130 cm³/mol. The summed E-state index contributed by atoms with van der Waals surface area (Å²) in [4.78, 5) is 0. The Morgan fingerprint density at radius 1 is 0.387 bits per heavy atom. The molecule has 0 aliphatic heterocycles. The molecule has 0 heteroatoms. The Kier molecular flexibility index (Phi) is 5.37. The molecule has 0 bridgehead atoms. The van der Waals surface area contributed by atoms with E-state index < -0.39 is 0 Å². The van der Waals surface area contributed by atoms with E-state index in [9.17, 15) is 0 Å². The molecule has 5 rings (SSSR count). The Balaban J connectivity index is 1.69. The van der Waals surface area contributed by atoms with E-state index in [1.165, 1.54) is 22.3 Å². The van der Waals surface area contributed by atoms with Crippen molar-refractivity contribution in [3.8, 4) is 0 Å². The molecule has 0 saturated heterocycles. The van der Waals surface area contributed by atoms with Crippen molar-refractivity contribution in [2.45, 2.75) is 11.3 Å². The lowest BCUT2D eigenvalue weighted by Gasteiger charge is -2.41. The van der Waals surface area contributed by atoms with Crippen molar-refractivity contribution in [3.63, 3.8) is 0 Å². The van der Waals surface area contributed by atoms with Crippen LogP contribution in [-0.2, 0) is 5.41 Å². The molecule has 4 aromatic rings. The number of hydrogen-bond donors (Lipinski definition) is 0. The van der Waals surface area contributed by atoms with Crippen LogP contribution in [-0.4, -0.2) is 0 Å². The molecule has 0 fully saturated rings. The van der Waals surface area contributed by atoms with Gasteiger partial charge in [-0.2, -0.15) is 0 Å². The number of allylic oxidation sites excluding steroid dienone is 4. The molecule has 1 aliphatic rings. The second kappa shape index (κ2) is 8.62. The van der Waals surface area contributed by atoms with Crippen molar-refractivity contribution in [2.24, 2.45) is 5.92 Å². The van der Waals surface area contributed by atoms with E-state index in [1.54, 1.807) is 0 Å². The fraction of sp³-hybridized carbons (Fsp3) is 0.0968. The number of rotatable bonds is 5. The lowest BCUT2D eigenvalue weighted by atomic mass is 9.60. The monoisotopic (exact) mass is 398 g/mol. The molecular formula is C31H26. The summed E-state index contributed by atoms with van der Waals surface area (Å²) in [7, 11) is 0. The average molecular weight is 399 g/mol. The Hall–Kier alpha value is -3.64. The molecule has 0 spiro atoms. The van der Waals surface area contributed by atoms with Gasteiger partial charge in [-0.1, -0.05) is 146 Å². The minimum atomic E-state index is -0.293. The van der Waals surface area contributed by atoms with Crippen molar-refractivity contribution in [3.05, 3.63) is 168 Å². The molecule has 0 heterocycles. The largest absolute Gasteiger partial charge is 0.0791 e. The lowest BCUT2D eigenvalue weighted by Crippen LogP contribution is -2.37. The van der Waals surface area contributed by atoms with Crippen LogP contribution in [0.5, 0.6) is 0 Å². The van der Waals surface area contributed by atoms with Crippen LogP contribution < -0.4 is 0 Å². The SMILES string of the molecule is C1=CC(C(c2ccccc2)(c2ccccc2)c2ccccc2)C=CC1c1ccccc1. The van der Waals surface area contributed by atoms with E-state index >= 15 is 0 Å². The molecule has 150 valence electrons. The third kappa shape index (κ3) is 3.55. The summed E-state index contributed by atoms with van der Waals surface area (Å²) in [6.07, 6.45) is 9.54. The molecule has 0 unspecified atom stereocenters. The summed E-state index contributed by atoms with van der Waals surface area (Å²) in [5, 5.41) is 0. The number of hydrogen-bond acceptors (Lipinski definition) is 0. The van der Waals surface area contributed by atoms with E-state index in [1.807, 2.05) is 0 Å². The predicted octanol–water partition coefficient (Wildman–Crippen LogP) is 7.55. The molecule has 0 atom stereocenters. The summed E-state index contributed by atoms with van der Waals surface area (Å²) >= 11 is 0. The van der Waals surface area contributed by atoms with E-state index in [0.29, 0.717) is 5.92 Å². The van der Waals surface area contributed by atoms with Gasteiger partial charge in [0.15, 0.2) is 0 Å². The molecule has 0 saturated carbocycles. The van der Waals surface area contributed by atoms with Gasteiger partial charge < -0.3 is 0 Å². The van der Waals surface area contributed by atoms with E-state index in [2.05, 4.69) is 146 Å². The van der Waals surface area contributed by atoms with Gasteiger partial charge in [0, 0.05) is 11.8 Å². The van der Waals surface area contributed by atoms with E-state index in [-0.39, 0.29) is 11.3 Å². The first-order valence-electron chi connectivity index (χ1n) is 11.0. The van der Waals surface area contributed by atoms with Crippen LogP contribution in [0.2, 0.25) is 0 Å².